The Morgan fingerprint density at radius 1 is 0.939 bits per heavy atom. The van der Waals surface area contributed by atoms with Crippen molar-refractivity contribution >= 4 is 11.6 Å². The number of amides is 1. The van der Waals surface area contributed by atoms with E-state index in [0.29, 0.717) is 31.9 Å². The van der Waals surface area contributed by atoms with E-state index < -0.39 is 0 Å². The molecule has 3 aromatic rings. The van der Waals surface area contributed by atoms with E-state index in [4.69, 9.17) is 0 Å². The molecule has 0 radical (unpaired) electrons. The number of rotatable bonds is 4. The van der Waals surface area contributed by atoms with Crippen molar-refractivity contribution in [3.05, 3.63) is 88.0 Å². The maximum Gasteiger partial charge on any atom is 0.270 e. The summed E-state index contributed by atoms with van der Waals surface area (Å²) in [5.41, 5.74) is 7.82. The standard InChI is InChI=1S/C28H32FN3O/c1-20-8-7-9-22(18-20)19-32-25-12-5-3-10-23(25)21(2)27(32)28(33)31-16-14-30(15-17-31)26-13-6-4-11-24(26)29/h4,6-9,11,13,18H,3,5,10,12,14-17,19H2,1-2H3. The highest BCUT2D eigenvalue weighted by Crippen LogP contribution is 2.32. The average molecular weight is 446 g/mol. The summed E-state index contributed by atoms with van der Waals surface area (Å²) < 4.78 is 16.5. The van der Waals surface area contributed by atoms with Gasteiger partial charge >= 0.3 is 0 Å². The van der Waals surface area contributed by atoms with E-state index >= 15 is 0 Å². The topological polar surface area (TPSA) is 28.5 Å². The van der Waals surface area contributed by atoms with Crippen molar-refractivity contribution in [1.29, 1.82) is 0 Å². The monoisotopic (exact) mass is 445 g/mol. The molecule has 0 unspecified atom stereocenters. The van der Waals surface area contributed by atoms with Gasteiger partial charge in [0.15, 0.2) is 0 Å². The molecule has 0 saturated carbocycles. The average Bonchev–Trinajstić information content (AvgIpc) is 3.11. The first-order chi connectivity index (χ1) is 16.0. The molecule has 1 fully saturated rings. The number of carbonyl (C=O) groups is 1. The lowest BCUT2D eigenvalue weighted by Gasteiger charge is -2.36. The second-order valence-electron chi connectivity index (χ2n) is 9.41. The first-order valence-corrected chi connectivity index (χ1v) is 12.1. The first kappa shape index (κ1) is 21.7. The second kappa shape index (κ2) is 9.05. The number of aryl methyl sites for hydroxylation is 1. The summed E-state index contributed by atoms with van der Waals surface area (Å²) in [6.07, 6.45) is 4.47. The Bertz CT molecular complexity index is 1170. The fourth-order valence-corrected chi connectivity index (χ4v) is 5.52. The van der Waals surface area contributed by atoms with E-state index in [0.717, 1.165) is 30.6 Å². The molecule has 2 aliphatic rings. The number of anilines is 1. The van der Waals surface area contributed by atoms with Gasteiger partial charge in [0.1, 0.15) is 11.5 Å². The Morgan fingerprint density at radius 2 is 1.70 bits per heavy atom. The first-order valence-electron chi connectivity index (χ1n) is 12.1. The molecule has 0 bridgehead atoms. The maximum absolute atomic E-state index is 14.2. The summed E-state index contributed by atoms with van der Waals surface area (Å²) in [5.74, 6) is -0.0874. The van der Waals surface area contributed by atoms with E-state index in [1.54, 1.807) is 6.07 Å². The lowest BCUT2D eigenvalue weighted by atomic mass is 9.95. The molecule has 2 heterocycles. The molecule has 1 saturated heterocycles. The van der Waals surface area contributed by atoms with Gasteiger partial charge in [-0.25, -0.2) is 4.39 Å². The van der Waals surface area contributed by atoms with Gasteiger partial charge in [-0.15, -0.1) is 0 Å². The van der Waals surface area contributed by atoms with Crippen molar-refractivity contribution in [1.82, 2.24) is 9.47 Å². The molecule has 1 aromatic heterocycles. The molecule has 172 valence electrons. The normalized spacial score (nSPS) is 16.1. The van der Waals surface area contributed by atoms with Gasteiger partial charge in [0.2, 0.25) is 0 Å². The number of hydrogen-bond donors (Lipinski definition) is 0. The van der Waals surface area contributed by atoms with Crippen LogP contribution in [0.5, 0.6) is 0 Å². The zero-order chi connectivity index (χ0) is 22.9. The fraction of sp³-hybridized carbons (Fsp3) is 0.393. The van der Waals surface area contributed by atoms with Crippen molar-refractivity contribution in [2.45, 2.75) is 46.1 Å². The number of nitrogens with zero attached hydrogens (tertiary/aromatic N) is 3. The van der Waals surface area contributed by atoms with Crippen LogP contribution in [0.1, 0.15) is 51.3 Å². The van der Waals surface area contributed by atoms with Crippen LogP contribution in [0, 0.1) is 19.7 Å². The summed E-state index contributed by atoms with van der Waals surface area (Å²) >= 11 is 0. The number of fused-ring (bicyclic) bond motifs is 1. The molecule has 0 atom stereocenters. The van der Waals surface area contributed by atoms with Crippen LogP contribution in [0.15, 0.2) is 48.5 Å². The van der Waals surface area contributed by atoms with Crippen molar-refractivity contribution in [3.8, 4) is 0 Å². The number of halogens is 1. The number of benzene rings is 2. The van der Waals surface area contributed by atoms with Crippen molar-refractivity contribution in [3.63, 3.8) is 0 Å². The summed E-state index contributed by atoms with van der Waals surface area (Å²) in [6, 6.07) is 15.5. The Hall–Kier alpha value is -3.08. The molecular formula is C28H32FN3O. The summed E-state index contributed by atoms with van der Waals surface area (Å²) in [6.45, 7) is 7.46. The van der Waals surface area contributed by atoms with E-state index in [1.807, 2.05) is 21.9 Å². The van der Waals surface area contributed by atoms with E-state index in [2.05, 4.69) is 42.7 Å². The Balaban J connectivity index is 1.42. The van der Waals surface area contributed by atoms with E-state index in [1.165, 1.54) is 41.3 Å². The minimum absolute atomic E-state index is 0.114. The number of para-hydroxylation sites is 1. The van der Waals surface area contributed by atoms with Gasteiger partial charge in [-0.2, -0.15) is 0 Å². The maximum atomic E-state index is 14.2. The van der Waals surface area contributed by atoms with E-state index in [-0.39, 0.29) is 11.7 Å². The highest BCUT2D eigenvalue weighted by Gasteiger charge is 2.31. The van der Waals surface area contributed by atoms with Gasteiger partial charge in [0.05, 0.1) is 5.69 Å². The predicted octanol–water partition coefficient (Wildman–Crippen LogP) is 5.13. The Morgan fingerprint density at radius 3 is 2.45 bits per heavy atom. The molecule has 33 heavy (non-hydrogen) atoms. The smallest absolute Gasteiger partial charge is 0.270 e. The SMILES string of the molecule is Cc1cccc(Cn2c3c(c(C)c2C(=O)N2CCN(c4ccccc4F)CC2)CCCC3)c1. The van der Waals surface area contributed by atoms with Gasteiger partial charge in [0.25, 0.3) is 5.91 Å². The fourth-order valence-electron chi connectivity index (χ4n) is 5.52. The van der Waals surface area contributed by atoms with Crippen molar-refractivity contribution < 1.29 is 9.18 Å². The molecule has 5 heteroatoms. The summed E-state index contributed by atoms with van der Waals surface area (Å²) in [7, 11) is 0. The quantitative estimate of drug-likeness (QED) is 0.557. The van der Waals surface area contributed by atoms with Gasteiger partial charge in [-0.3, -0.25) is 4.79 Å². The molecule has 1 aliphatic heterocycles. The second-order valence-corrected chi connectivity index (χ2v) is 9.41. The highest BCUT2D eigenvalue weighted by atomic mass is 19.1. The Kier molecular flexibility index (Phi) is 5.96. The number of hydrogen-bond acceptors (Lipinski definition) is 2. The lowest BCUT2D eigenvalue weighted by Crippen LogP contribution is -2.49. The third-order valence-electron chi connectivity index (χ3n) is 7.23. The highest BCUT2D eigenvalue weighted by molar-refractivity contribution is 5.95. The third kappa shape index (κ3) is 4.17. The van der Waals surface area contributed by atoms with Crippen molar-refractivity contribution in [2.24, 2.45) is 0 Å². The van der Waals surface area contributed by atoms with Crippen LogP contribution in [0.25, 0.3) is 0 Å². The molecule has 1 aliphatic carbocycles. The number of carbonyl (C=O) groups excluding carboxylic acids is 1. The Labute approximate surface area is 195 Å². The third-order valence-corrected chi connectivity index (χ3v) is 7.23. The van der Waals surface area contributed by atoms with Gasteiger partial charge in [-0.1, -0.05) is 42.0 Å². The van der Waals surface area contributed by atoms with Crippen LogP contribution in [-0.4, -0.2) is 41.6 Å². The zero-order valence-corrected chi connectivity index (χ0v) is 19.6. The molecular weight excluding hydrogens is 413 g/mol. The van der Waals surface area contributed by atoms with Crippen LogP contribution < -0.4 is 4.90 Å². The van der Waals surface area contributed by atoms with Crippen molar-refractivity contribution in [2.75, 3.05) is 31.1 Å². The van der Waals surface area contributed by atoms with Gasteiger partial charge in [0, 0.05) is 38.4 Å². The summed E-state index contributed by atoms with van der Waals surface area (Å²) in [4.78, 5) is 17.8. The summed E-state index contributed by atoms with van der Waals surface area (Å²) in [5, 5.41) is 0. The van der Waals surface area contributed by atoms with Crippen LogP contribution in [-0.2, 0) is 19.4 Å². The largest absolute Gasteiger partial charge is 0.366 e. The molecule has 4 nitrogen and oxygen atoms in total. The van der Waals surface area contributed by atoms with Gasteiger partial charge in [-0.05, 0) is 68.4 Å². The van der Waals surface area contributed by atoms with E-state index in [9.17, 15) is 9.18 Å². The van der Waals surface area contributed by atoms with Crippen LogP contribution in [0.2, 0.25) is 0 Å². The predicted molar refractivity (Wildman–Crippen MR) is 131 cm³/mol. The minimum Gasteiger partial charge on any atom is -0.366 e. The van der Waals surface area contributed by atoms with Crippen LogP contribution in [0.4, 0.5) is 10.1 Å². The number of piperazine rings is 1. The number of aromatic nitrogens is 1. The van der Waals surface area contributed by atoms with Crippen LogP contribution >= 0.6 is 0 Å². The van der Waals surface area contributed by atoms with Gasteiger partial charge < -0.3 is 14.4 Å². The zero-order valence-electron chi connectivity index (χ0n) is 19.6. The molecule has 0 N–H and O–H groups in total. The lowest BCUT2D eigenvalue weighted by molar-refractivity contribution is 0.0735. The molecule has 1 amide bonds. The van der Waals surface area contributed by atoms with Crippen LogP contribution in [0.3, 0.4) is 0 Å². The molecule has 0 spiro atoms. The molecule has 2 aromatic carbocycles. The minimum atomic E-state index is -0.201. The molecule has 5 rings (SSSR count).